The summed E-state index contributed by atoms with van der Waals surface area (Å²) in [4.78, 5) is 59.3. The molecule has 17 nitrogen and oxygen atoms in total. The van der Waals surface area contributed by atoms with Crippen molar-refractivity contribution in [3.63, 3.8) is 0 Å². The van der Waals surface area contributed by atoms with Crippen LogP contribution in [0.3, 0.4) is 0 Å². The number of nitriles is 1. The van der Waals surface area contributed by atoms with Crippen LogP contribution >= 0.6 is 0 Å². The number of piperazine rings is 1. The molecule has 3 saturated heterocycles. The quantitative estimate of drug-likeness (QED) is 0.192. The van der Waals surface area contributed by atoms with Crippen LogP contribution < -0.4 is 25.2 Å². The van der Waals surface area contributed by atoms with E-state index < -0.39 is 11.6 Å². The number of nitrogens with one attached hydrogen (secondary N) is 2. The summed E-state index contributed by atoms with van der Waals surface area (Å²) < 4.78 is 9.14. The molecule has 0 radical (unpaired) electrons. The molecular formula is C44H49N11O6. The molecule has 1 saturated carbocycles. The fourth-order valence-electron chi connectivity index (χ4n) is 9.29. The second-order valence-corrected chi connectivity index (χ2v) is 17.0. The lowest BCUT2D eigenvalue weighted by Gasteiger charge is -2.45. The second kappa shape index (κ2) is 15.8. The zero-order valence-electron chi connectivity index (χ0n) is 34.5. The number of anilines is 3. The summed E-state index contributed by atoms with van der Waals surface area (Å²) in [7, 11) is 1.56. The van der Waals surface area contributed by atoms with E-state index in [0.29, 0.717) is 71.7 Å². The maximum Gasteiger partial charge on any atom is 0.328 e. The number of hydrogen-bond acceptors (Lipinski definition) is 11. The van der Waals surface area contributed by atoms with Crippen molar-refractivity contribution in [2.45, 2.75) is 63.6 Å². The minimum absolute atomic E-state index is 0.0697. The summed E-state index contributed by atoms with van der Waals surface area (Å²) in [5, 5.41) is 35.8. The van der Waals surface area contributed by atoms with Gasteiger partial charge in [-0.25, -0.2) is 9.31 Å². The molecule has 5 amide bonds. The molecular weight excluding hydrogens is 779 g/mol. The number of aromatic nitrogens is 4. The SMILES string of the molecule is COc1cc(N2CC(C(=O)N3CCN(C4CCC(n5cc6cc(NC(=O)c7ccc8cc(C#N)cnn78)c(C(C)(C)O)cc6n5)CC4)CC3)C2)ccc1N1CCC(=O)NC1=O. The van der Waals surface area contributed by atoms with Gasteiger partial charge in [-0.2, -0.15) is 15.5 Å². The van der Waals surface area contributed by atoms with Crippen molar-refractivity contribution >= 4 is 57.2 Å². The van der Waals surface area contributed by atoms with Gasteiger partial charge >= 0.3 is 6.03 Å². The lowest BCUT2D eigenvalue weighted by atomic mass is 9.89. The summed E-state index contributed by atoms with van der Waals surface area (Å²) in [6, 6.07) is 16.7. The monoisotopic (exact) mass is 827 g/mol. The van der Waals surface area contributed by atoms with Crippen molar-refractivity contribution in [2.24, 2.45) is 5.92 Å². The van der Waals surface area contributed by atoms with Crippen LogP contribution in [0, 0.1) is 17.2 Å². The Morgan fingerprint density at radius 3 is 2.43 bits per heavy atom. The summed E-state index contributed by atoms with van der Waals surface area (Å²) in [6.07, 6.45) is 7.67. The Bertz CT molecular complexity index is 2580. The van der Waals surface area contributed by atoms with Crippen LogP contribution in [0.1, 0.15) is 73.6 Å². The minimum atomic E-state index is -1.25. The first-order valence-electron chi connectivity index (χ1n) is 20.9. The van der Waals surface area contributed by atoms with E-state index >= 15 is 0 Å². The number of ether oxygens (including phenoxy) is 1. The highest BCUT2D eigenvalue weighted by Gasteiger charge is 2.38. The number of fused-ring (bicyclic) bond motifs is 2. The molecule has 6 heterocycles. The van der Waals surface area contributed by atoms with Crippen molar-refractivity contribution in [1.29, 1.82) is 5.26 Å². The number of urea groups is 1. The molecule has 2 aromatic carbocycles. The summed E-state index contributed by atoms with van der Waals surface area (Å²) in [5.41, 5.74) is 3.39. The van der Waals surface area contributed by atoms with E-state index in [2.05, 4.69) is 31.6 Å². The van der Waals surface area contributed by atoms with E-state index in [1.54, 1.807) is 39.2 Å². The molecule has 1 aliphatic carbocycles. The summed E-state index contributed by atoms with van der Waals surface area (Å²) >= 11 is 0. The lowest BCUT2D eigenvalue weighted by Crippen LogP contribution is -2.59. The third-order valence-corrected chi connectivity index (χ3v) is 12.7. The van der Waals surface area contributed by atoms with Gasteiger partial charge in [-0.15, -0.1) is 0 Å². The lowest BCUT2D eigenvalue weighted by molar-refractivity contribution is -0.138. The molecule has 4 fully saturated rings. The van der Waals surface area contributed by atoms with Crippen molar-refractivity contribution in [3.8, 4) is 11.8 Å². The molecule has 3 aromatic heterocycles. The maximum atomic E-state index is 13.6. The number of benzene rings is 2. The zero-order valence-corrected chi connectivity index (χ0v) is 34.5. The van der Waals surface area contributed by atoms with Gasteiger partial charge in [0.05, 0.1) is 53.2 Å². The van der Waals surface area contributed by atoms with Crippen molar-refractivity contribution in [1.82, 2.24) is 34.5 Å². The van der Waals surface area contributed by atoms with Gasteiger partial charge in [-0.1, -0.05) is 0 Å². The number of aliphatic hydroxyl groups is 1. The van der Waals surface area contributed by atoms with Crippen LogP contribution in [-0.4, -0.2) is 117 Å². The molecule has 17 heteroatoms. The van der Waals surface area contributed by atoms with Gasteiger partial charge in [0.25, 0.3) is 5.91 Å². The molecule has 9 rings (SSSR count). The highest BCUT2D eigenvalue weighted by atomic mass is 16.5. The van der Waals surface area contributed by atoms with Crippen molar-refractivity contribution in [3.05, 3.63) is 77.7 Å². The molecule has 5 aromatic rings. The third-order valence-electron chi connectivity index (χ3n) is 12.7. The Morgan fingerprint density at radius 1 is 0.967 bits per heavy atom. The van der Waals surface area contributed by atoms with Crippen molar-refractivity contribution < 1.29 is 29.0 Å². The number of methoxy groups -OCH3 is 1. The molecule has 3 aliphatic heterocycles. The third kappa shape index (κ3) is 7.73. The molecule has 4 aliphatic rings. The number of imide groups is 1. The molecule has 316 valence electrons. The fraction of sp³-hybridized carbons (Fsp3) is 0.432. The normalized spacial score (nSPS) is 20.4. The molecule has 0 spiro atoms. The molecule has 3 N–H and O–H groups in total. The van der Waals surface area contributed by atoms with E-state index in [9.17, 15) is 29.5 Å². The Morgan fingerprint density at radius 2 is 1.72 bits per heavy atom. The molecule has 0 bridgehead atoms. The van der Waals surface area contributed by atoms with E-state index in [4.69, 9.17) is 9.84 Å². The fourth-order valence-corrected chi connectivity index (χ4v) is 9.29. The van der Waals surface area contributed by atoms with Crippen LogP contribution in [0.2, 0.25) is 0 Å². The number of carbonyl (C=O) groups excluding carboxylic acids is 4. The first-order valence-corrected chi connectivity index (χ1v) is 20.9. The van der Waals surface area contributed by atoms with Gasteiger partial charge < -0.3 is 25.0 Å². The van der Waals surface area contributed by atoms with Gasteiger partial charge in [-0.3, -0.25) is 34.2 Å². The minimum Gasteiger partial charge on any atom is -0.494 e. The standard InChI is InChI=1S/C44H49N11O6/c1-44(2,60)34-21-35-28(19-36(34)47-41(57)38-11-9-33-18-27(22-45)23-46-55(33)38)26-54(49-35)31-6-4-30(5-7-31)50-14-16-51(17-15-50)42(58)29-24-52(25-29)32-8-10-37(39(20-32)61-3)53-13-12-40(56)48-43(53)59/h8-11,18-21,23,26,29-31,60H,4-7,12-17,24-25H2,1-3H3,(H,47,57)(H,48,56,59). The Balaban J connectivity index is 0.776. The summed E-state index contributed by atoms with van der Waals surface area (Å²) in [6.45, 7) is 8.02. The molecule has 61 heavy (non-hydrogen) atoms. The number of hydrogen-bond donors (Lipinski definition) is 3. The van der Waals surface area contributed by atoms with Gasteiger partial charge in [0, 0.05) is 92.9 Å². The van der Waals surface area contributed by atoms with Crippen molar-refractivity contribution in [2.75, 3.05) is 68.0 Å². The van der Waals surface area contributed by atoms with E-state index in [0.717, 1.165) is 55.4 Å². The predicted molar refractivity (Wildman–Crippen MR) is 226 cm³/mol. The van der Waals surface area contributed by atoms with Gasteiger partial charge in [0.1, 0.15) is 17.5 Å². The first kappa shape index (κ1) is 39.9. The Labute approximate surface area is 352 Å². The number of amides is 5. The Hall–Kier alpha value is -6.51. The van der Waals surface area contributed by atoms with Gasteiger partial charge in [0.2, 0.25) is 11.8 Å². The number of rotatable bonds is 9. The maximum absolute atomic E-state index is 13.6. The van der Waals surface area contributed by atoms with Crippen LogP contribution in [0.15, 0.2) is 60.9 Å². The zero-order chi connectivity index (χ0) is 42.6. The van der Waals surface area contributed by atoms with Crippen LogP contribution in [0.5, 0.6) is 5.75 Å². The van der Waals surface area contributed by atoms with Gasteiger partial charge in [0.15, 0.2) is 0 Å². The van der Waals surface area contributed by atoms with Crippen LogP contribution in [0.4, 0.5) is 21.9 Å². The average molecular weight is 828 g/mol. The van der Waals surface area contributed by atoms with Crippen LogP contribution in [-0.2, 0) is 15.2 Å². The molecule has 0 unspecified atom stereocenters. The van der Waals surface area contributed by atoms with E-state index in [-0.39, 0.29) is 42.6 Å². The topological polar surface area (TPSA) is 194 Å². The summed E-state index contributed by atoms with van der Waals surface area (Å²) in [5.74, 6) is -0.00844. The number of carbonyl (C=O) groups is 4. The van der Waals surface area contributed by atoms with E-state index in [1.165, 1.54) is 15.6 Å². The van der Waals surface area contributed by atoms with E-state index in [1.807, 2.05) is 46.1 Å². The highest BCUT2D eigenvalue weighted by molar-refractivity contribution is 6.07. The Kier molecular flexibility index (Phi) is 10.4. The predicted octanol–water partition coefficient (Wildman–Crippen LogP) is 4.25. The highest BCUT2D eigenvalue weighted by Crippen LogP contribution is 2.38. The average Bonchev–Trinajstić information content (AvgIpc) is 3.87. The second-order valence-electron chi connectivity index (χ2n) is 17.0. The largest absolute Gasteiger partial charge is 0.494 e. The first-order chi connectivity index (χ1) is 29.4. The van der Waals surface area contributed by atoms with Gasteiger partial charge in [-0.05, 0) is 82.0 Å². The van der Waals surface area contributed by atoms with Crippen LogP contribution in [0.25, 0.3) is 16.4 Å². The number of nitrogens with zero attached hydrogens (tertiary/aromatic N) is 9. The molecule has 0 atom stereocenters. The smallest absolute Gasteiger partial charge is 0.328 e.